The van der Waals surface area contributed by atoms with Crippen molar-refractivity contribution in [1.82, 2.24) is 0 Å². The Hall–Kier alpha value is -1.06. The van der Waals surface area contributed by atoms with Crippen LogP contribution in [-0.2, 0) is 4.74 Å². The van der Waals surface area contributed by atoms with E-state index in [4.69, 9.17) is 16.3 Å². The first-order valence-electron chi connectivity index (χ1n) is 6.33. The van der Waals surface area contributed by atoms with Crippen LogP contribution in [0.25, 0.3) is 0 Å². The number of carbonyl (C=O) groups excluding carboxylic acids is 1. The molecule has 0 aromatic heterocycles. The van der Waals surface area contributed by atoms with Crippen molar-refractivity contribution in [2.75, 3.05) is 37.1 Å². The van der Waals surface area contributed by atoms with E-state index >= 15 is 0 Å². The van der Waals surface area contributed by atoms with Gasteiger partial charge in [0.1, 0.15) is 0 Å². The molecule has 1 aromatic rings. The number of Topliss-reactive ketones (excluding diaryl/α,β-unsaturated/α-hetero) is 1. The van der Waals surface area contributed by atoms with Gasteiger partial charge in [-0.1, -0.05) is 0 Å². The molecule has 2 rings (SSSR count). The van der Waals surface area contributed by atoms with Gasteiger partial charge >= 0.3 is 0 Å². The van der Waals surface area contributed by atoms with E-state index < -0.39 is 0 Å². The fourth-order valence-electron chi connectivity index (χ4n) is 2.05. The molecule has 3 nitrogen and oxygen atoms in total. The number of halogens is 1. The fraction of sp³-hybridized carbons (Fsp3) is 0.500. The lowest BCUT2D eigenvalue weighted by Crippen LogP contribution is -2.36. The molecule has 0 bridgehead atoms. The average Bonchev–Trinajstić information content (AvgIpc) is 2.46. The second-order valence-electron chi connectivity index (χ2n) is 4.36. The van der Waals surface area contributed by atoms with Crippen LogP contribution < -0.4 is 4.90 Å². The van der Waals surface area contributed by atoms with E-state index in [0.717, 1.165) is 44.0 Å². The molecule has 0 saturated carbocycles. The molecule has 0 spiro atoms. The SMILES string of the molecule is O=C(CCCCl)c1ccc(N2CCOCC2)cc1. The third kappa shape index (κ3) is 3.47. The molecule has 0 unspecified atom stereocenters. The van der Waals surface area contributed by atoms with Crippen molar-refractivity contribution >= 4 is 23.1 Å². The zero-order valence-electron chi connectivity index (χ0n) is 10.4. The third-order valence-corrected chi connectivity index (χ3v) is 3.37. The number of benzene rings is 1. The number of nitrogens with zero attached hydrogens (tertiary/aromatic N) is 1. The van der Waals surface area contributed by atoms with Crippen LogP contribution in [0.15, 0.2) is 24.3 Å². The van der Waals surface area contributed by atoms with Crippen LogP contribution in [0.1, 0.15) is 23.2 Å². The van der Waals surface area contributed by atoms with E-state index in [9.17, 15) is 4.79 Å². The summed E-state index contributed by atoms with van der Waals surface area (Å²) in [6, 6.07) is 7.83. The van der Waals surface area contributed by atoms with Gasteiger partial charge in [0.2, 0.25) is 0 Å². The molecule has 0 atom stereocenters. The average molecular weight is 268 g/mol. The van der Waals surface area contributed by atoms with Crippen molar-refractivity contribution < 1.29 is 9.53 Å². The van der Waals surface area contributed by atoms with Gasteiger partial charge in [0.25, 0.3) is 0 Å². The second kappa shape index (κ2) is 6.76. The van der Waals surface area contributed by atoms with E-state index in [0.29, 0.717) is 12.3 Å². The minimum absolute atomic E-state index is 0.171. The highest BCUT2D eigenvalue weighted by Gasteiger charge is 2.12. The second-order valence-corrected chi connectivity index (χ2v) is 4.74. The van der Waals surface area contributed by atoms with Crippen molar-refractivity contribution in [3.8, 4) is 0 Å². The summed E-state index contributed by atoms with van der Waals surface area (Å²) in [6.07, 6.45) is 1.27. The number of alkyl halides is 1. The zero-order chi connectivity index (χ0) is 12.8. The van der Waals surface area contributed by atoms with Gasteiger partial charge in [-0.3, -0.25) is 4.79 Å². The molecule has 1 aliphatic heterocycles. The van der Waals surface area contributed by atoms with Crippen molar-refractivity contribution in [3.05, 3.63) is 29.8 Å². The molecule has 1 heterocycles. The Morgan fingerprint density at radius 1 is 1.22 bits per heavy atom. The molecular formula is C14H18ClNO2. The fourth-order valence-corrected chi connectivity index (χ4v) is 2.19. The maximum absolute atomic E-state index is 11.8. The van der Waals surface area contributed by atoms with E-state index in [2.05, 4.69) is 4.90 Å². The van der Waals surface area contributed by atoms with Gasteiger partial charge in [0, 0.05) is 36.6 Å². The summed E-state index contributed by atoms with van der Waals surface area (Å²) in [4.78, 5) is 14.1. The van der Waals surface area contributed by atoms with Gasteiger partial charge in [0.15, 0.2) is 5.78 Å². The molecule has 0 aliphatic carbocycles. The van der Waals surface area contributed by atoms with Gasteiger partial charge in [-0.15, -0.1) is 11.6 Å². The summed E-state index contributed by atoms with van der Waals surface area (Å²) in [5, 5.41) is 0. The summed E-state index contributed by atoms with van der Waals surface area (Å²) < 4.78 is 5.32. The lowest BCUT2D eigenvalue weighted by Gasteiger charge is -2.28. The van der Waals surface area contributed by atoms with Gasteiger partial charge in [-0.05, 0) is 30.7 Å². The van der Waals surface area contributed by atoms with Gasteiger partial charge < -0.3 is 9.64 Å². The molecule has 4 heteroatoms. The molecular weight excluding hydrogens is 250 g/mol. The Bertz CT molecular complexity index is 385. The topological polar surface area (TPSA) is 29.5 Å². The summed E-state index contributed by atoms with van der Waals surface area (Å²) in [7, 11) is 0. The van der Waals surface area contributed by atoms with Crippen molar-refractivity contribution in [2.45, 2.75) is 12.8 Å². The van der Waals surface area contributed by atoms with E-state index in [-0.39, 0.29) is 5.78 Å². The first kappa shape index (κ1) is 13.4. The monoisotopic (exact) mass is 267 g/mol. The van der Waals surface area contributed by atoms with E-state index in [1.165, 1.54) is 0 Å². The quantitative estimate of drug-likeness (QED) is 0.607. The van der Waals surface area contributed by atoms with Crippen molar-refractivity contribution in [3.63, 3.8) is 0 Å². The molecule has 1 aliphatic rings. The number of ketones is 1. The normalized spacial score (nSPS) is 15.7. The first-order chi connectivity index (χ1) is 8.81. The number of anilines is 1. The maximum atomic E-state index is 11.8. The first-order valence-corrected chi connectivity index (χ1v) is 6.86. The molecule has 0 radical (unpaired) electrons. The molecule has 1 aromatic carbocycles. The maximum Gasteiger partial charge on any atom is 0.162 e. The molecule has 1 saturated heterocycles. The van der Waals surface area contributed by atoms with Crippen LogP contribution in [0.5, 0.6) is 0 Å². The standard InChI is InChI=1S/C14H18ClNO2/c15-7-1-2-14(17)12-3-5-13(6-4-12)16-8-10-18-11-9-16/h3-6H,1-2,7-11H2. The Balaban J connectivity index is 1.98. The van der Waals surface area contributed by atoms with Crippen LogP contribution in [0.3, 0.4) is 0 Å². The summed E-state index contributed by atoms with van der Waals surface area (Å²) in [6.45, 7) is 3.38. The highest BCUT2D eigenvalue weighted by Crippen LogP contribution is 2.17. The number of rotatable bonds is 5. The van der Waals surface area contributed by atoms with Crippen LogP contribution in [-0.4, -0.2) is 38.0 Å². The minimum Gasteiger partial charge on any atom is -0.378 e. The van der Waals surface area contributed by atoms with Crippen molar-refractivity contribution in [2.24, 2.45) is 0 Å². The van der Waals surface area contributed by atoms with Crippen LogP contribution >= 0.6 is 11.6 Å². The van der Waals surface area contributed by atoms with Crippen LogP contribution in [0.4, 0.5) is 5.69 Å². The largest absolute Gasteiger partial charge is 0.378 e. The van der Waals surface area contributed by atoms with Crippen molar-refractivity contribution in [1.29, 1.82) is 0 Å². The predicted molar refractivity (Wildman–Crippen MR) is 73.8 cm³/mol. The number of morpholine rings is 1. The molecule has 0 amide bonds. The Labute approximate surface area is 113 Å². The summed E-state index contributed by atoms with van der Waals surface area (Å²) in [5.41, 5.74) is 1.93. The van der Waals surface area contributed by atoms with Gasteiger partial charge in [0.05, 0.1) is 13.2 Å². The summed E-state index contributed by atoms with van der Waals surface area (Å²) in [5.74, 6) is 0.710. The van der Waals surface area contributed by atoms with Crippen LogP contribution in [0.2, 0.25) is 0 Å². The van der Waals surface area contributed by atoms with E-state index in [1.54, 1.807) is 0 Å². The smallest absolute Gasteiger partial charge is 0.162 e. The Kier molecular flexibility index (Phi) is 5.02. The molecule has 0 N–H and O–H groups in total. The number of hydrogen-bond donors (Lipinski definition) is 0. The lowest BCUT2D eigenvalue weighted by atomic mass is 10.1. The molecule has 1 fully saturated rings. The molecule has 98 valence electrons. The van der Waals surface area contributed by atoms with Gasteiger partial charge in [-0.2, -0.15) is 0 Å². The lowest BCUT2D eigenvalue weighted by molar-refractivity contribution is 0.0982. The number of ether oxygens (including phenoxy) is 1. The highest BCUT2D eigenvalue weighted by atomic mass is 35.5. The highest BCUT2D eigenvalue weighted by molar-refractivity contribution is 6.18. The summed E-state index contributed by atoms with van der Waals surface area (Å²) >= 11 is 5.59. The Morgan fingerprint density at radius 3 is 2.50 bits per heavy atom. The van der Waals surface area contributed by atoms with Gasteiger partial charge in [-0.25, -0.2) is 0 Å². The number of hydrogen-bond acceptors (Lipinski definition) is 3. The number of carbonyl (C=O) groups is 1. The Morgan fingerprint density at radius 2 is 1.89 bits per heavy atom. The minimum atomic E-state index is 0.171. The third-order valence-electron chi connectivity index (χ3n) is 3.10. The van der Waals surface area contributed by atoms with Crippen LogP contribution in [0, 0.1) is 0 Å². The predicted octanol–water partition coefficient (Wildman–Crippen LogP) is 2.72. The molecule has 18 heavy (non-hydrogen) atoms. The van der Waals surface area contributed by atoms with E-state index in [1.807, 2.05) is 24.3 Å². The zero-order valence-corrected chi connectivity index (χ0v) is 11.2.